The van der Waals surface area contributed by atoms with Crippen LogP contribution >= 0.6 is 0 Å². The predicted octanol–water partition coefficient (Wildman–Crippen LogP) is 3.79. The highest BCUT2D eigenvalue weighted by atomic mass is 16.1. The first-order chi connectivity index (χ1) is 9.06. The molecule has 2 heteroatoms. The second-order valence-electron chi connectivity index (χ2n) is 6.16. The van der Waals surface area contributed by atoms with Gasteiger partial charge in [-0.1, -0.05) is 31.4 Å². The van der Waals surface area contributed by atoms with Gasteiger partial charge in [0.2, 0.25) is 0 Å². The van der Waals surface area contributed by atoms with Gasteiger partial charge in [-0.05, 0) is 55.8 Å². The van der Waals surface area contributed by atoms with Crippen LogP contribution in [0, 0.1) is 19.3 Å². The van der Waals surface area contributed by atoms with Crippen LogP contribution in [0.25, 0.3) is 0 Å². The number of hydrogen-bond acceptors (Lipinski definition) is 2. The Morgan fingerprint density at radius 2 is 1.84 bits per heavy atom. The van der Waals surface area contributed by atoms with Crippen molar-refractivity contribution in [3.05, 3.63) is 34.9 Å². The molecule has 0 spiro atoms. The average Bonchev–Trinajstić information content (AvgIpc) is 2.43. The van der Waals surface area contributed by atoms with Crippen LogP contribution in [-0.2, 0) is 0 Å². The number of ketones is 1. The molecule has 104 valence electrons. The number of carbonyl (C=O) groups is 1. The lowest BCUT2D eigenvalue weighted by atomic mass is 9.70. The van der Waals surface area contributed by atoms with Gasteiger partial charge < -0.3 is 5.73 Å². The third kappa shape index (κ3) is 3.24. The third-order valence-electron chi connectivity index (χ3n) is 4.71. The van der Waals surface area contributed by atoms with E-state index >= 15 is 0 Å². The molecular weight excluding hydrogens is 234 g/mol. The number of nitrogens with two attached hydrogens (primary N) is 1. The van der Waals surface area contributed by atoms with Crippen molar-refractivity contribution in [1.29, 1.82) is 0 Å². The maximum Gasteiger partial charge on any atom is 0.163 e. The Labute approximate surface area is 116 Å². The Kier molecular flexibility index (Phi) is 4.41. The highest BCUT2D eigenvalue weighted by Gasteiger charge is 2.33. The zero-order chi connectivity index (χ0) is 13.9. The van der Waals surface area contributed by atoms with Crippen LogP contribution < -0.4 is 5.73 Å². The van der Waals surface area contributed by atoms with Crippen molar-refractivity contribution in [1.82, 2.24) is 0 Å². The molecule has 0 aromatic heterocycles. The van der Waals surface area contributed by atoms with Crippen LogP contribution in [0.2, 0.25) is 0 Å². The predicted molar refractivity (Wildman–Crippen MR) is 79.4 cm³/mol. The molecule has 19 heavy (non-hydrogen) atoms. The Morgan fingerprint density at radius 1 is 1.16 bits per heavy atom. The summed E-state index contributed by atoms with van der Waals surface area (Å²) < 4.78 is 0. The van der Waals surface area contributed by atoms with Crippen molar-refractivity contribution < 1.29 is 4.79 Å². The van der Waals surface area contributed by atoms with Crippen LogP contribution in [0.1, 0.15) is 60.0 Å². The van der Waals surface area contributed by atoms with Crippen molar-refractivity contribution in [2.24, 2.45) is 11.1 Å². The third-order valence-corrected chi connectivity index (χ3v) is 4.71. The van der Waals surface area contributed by atoms with Crippen molar-refractivity contribution in [3.63, 3.8) is 0 Å². The van der Waals surface area contributed by atoms with Gasteiger partial charge in [0.25, 0.3) is 0 Å². The zero-order valence-electron chi connectivity index (χ0n) is 12.2. The maximum atomic E-state index is 12.5. The highest BCUT2D eigenvalue weighted by molar-refractivity contribution is 5.96. The van der Waals surface area contributed by atoms with Gasteiger partial charge in [-0.2, -0.15) is 0 Å². The van der Waals surface area contributed by atoms with Crippen molar-refractivity contribution in [2.75, 3.05) is 6.54 Å². The molecule has 1 saturated carbocycles. The Hall–Kier alpha value is -1.15. The van der Waals surface area contributed by atoms with Crippen LogP contribution in [0.4, 0.5) is 0 Å². The van der Waals surface area contributed by atoms with E-state index in [9.17, 15) is 4.79 Å². The van der Waals surface area contributed by atoms with Crippen LogP contribution in [-0.4, -0.2) is 12.3 Å². The first-order valence-electron chi connectivity index (χ1n) is 7.37. The monoisotopic (exact) mass is 259 g/mol. The van der Waals surface area contributed by atoms with Gasteiger partial charge in [-0.15, -0.1) is 0 Å². The molecule has 0 bridgehead atoms. The van der Waals surface area contributed by atoms with E-state index in [0.717, 1.165) is 18.4 Å². The first-order valence-corrected chi connectivity index (χ1v) is 7.37. The lowest BCUT2D eigenvalue weighted by molar-refractivity contribution is 0.0868. The largest absolute Gasteiger partial charge is 0.330 e. The summed E-state index contributed by atoms with van der Waals surface area (Å²) >= 11 is 0. The molecule has 2 N–H and O–H groups in total. The van der Waals surface area contributed by atoms with Gasteiger partial charge >= 0.3 is 0 Å². The minimum absolute atomic E-state index is 0.0636. The second kappa shape index (κ2) is 5.87. The summed E-state index contributed by atoms with van der Waals surface area (Å²) in [7, 11) is 0. The molecule has 0 saturated heterocycles. The van der Waals surface area contributed by atoms with E-state index in [0.29, 0.717) is 13.0 Å². The molecule has 2 rings (SSSR count). The number of hydrogen-bond donors (Lipinski definition) is 1. The average molecular weight is 259 g/mol. The molecule has 0 aliphatic heterocycles. The Bertz CT molecular complexity index is 458. The van der Waals surface area contributed by atoms with E-state index in [1.807, 2.05) is 18.2 Å². The highest BCUT2D eigenvalue weighted by Crippen LogP contribution is 2.39. The van der Waals surface area contributed by atoms with E-state index in [1.54, 1.807) is 0 Å². The van der Waals surface area contributed by atoms with Gasteiger partial charge in [0.05, 0.1) is 0 Å². The van der Waals surface area contributed by atoms with Gasteiger partial charge in [-0.3, -0.25) is 4.79 Å². The smallest absolute Gasteiger partial charge is 0.163 e. The fourth-order valence-corrected chi connectivity index (χ4v) is 3.11. The van der Waals surface area contributed by atoms with Gasteiger partial charge in [-0.25, -0.2) is 0 Å². The lowest BCUT2D eigenvalue weighted by Crippen LogP contribution is -2.35. The number of aryl methyl sites for hydroxylation is 2. The summed E-state index contributed by atoms with van der Waals surface area (Å²) in [6.45, 7) is 4.78. The first kappa shape index (κ1) is 14.3. The van der Waals surface area contributed by atoms with E-state index in [-0.39, 0.29) is 11.2 Å². The quantitative estimate of drug-likeness (QED) is 0.836. The lowest BCUT2D eigenvalue weighted by Gasteiger charge is -2.35. The topological polar surface area (TPSA) is 43.1 Å². The number of rotatable bonds is 4. The minimum Gasteiger partial charge on any atom is -0.330 e. The van der Waals surface area contributed by atoms with Gasteiger partial charge in [0.1, 0.15) is 0 Å². The molecule has 1 fully saturated rings. The summed E-state index contributed by atoms with van der Waals surface area (Å²) in [5.74, 6) is 0.260. The van der Waals surface area contributed by atoms with Crippen LogP contribution in [0.5, 0.6) is 0 Å². The summed E-state index contributed by atoms with van der Waals surface area (Å²) in [5, 5.41) is 0. The van der Waals surface area contributed by atoms with Crippen molar-refractivity contribution in [2.45, 2.75) is 52.4 Å². The van der Waals surface area contributed by atoms with Crippen molar-refractivity contribution in [3.8, 4) is 0 Å². The number of Topliss-reactive ketones (excluding diaryl/α,β-unsaturated/α-hetero) is 1. The zero-order valence-corrected chi connectivity index (χ0v) is 12.2. The van der Waals surface area contributed by atoms with E-state index in [2.05, 4.69) is 13.8 Å². The molecule has 0 heterocycles. The summed E-state index contributed by atoms with van der Waals surface area (Å²) in [5.41, 5.74) is 9.31. The Balaban J connectivity index is 2.12. The number of carbonyl (C=O) groups excluding carboxylic acids is 1. The van der Waals surface area contributed by atoms with Crippen LogP contribution in [0.3, 0.4) is 0 Å². The molecule has 0 radical (unpaired) electrons. The molecule has 2 nitrogen and oxygen atoms in total. The fourth-order valence-electron chi connectivity index (χ4n) is 3.11. The SMILES string of the molecule is Cc1ccc(C(=O)CC2(CN)CCCCC2)cc1C. The molecule has 1 aliphatic rings. The van der Waals surface area contributed by atoms with Gasteiger partial charge in [0.15, 0.2) is 5.78 Å². The standard InChI is InChI=1S/C17H25NO/c1-13-6-7-15(10-14(13)2)16(19)11-17(12-18)8-4-3-5-9-17/h6-7,10H,3-5,8-9,11-12,18H2,1-2H3. The van der Waals surface area contributed by atoms with Gasteiger partial charge in [0, 0.05) is 12.0 Å². The molecule has 0 unspecified atom stereocenters. The molecule has 1 aromatic rings. The van der Waals surface area contributed by atoms with E-state index in [4.69, 9.17) is 5.73 Å². The van der Waals surface area contributed by atoms with Crippen LogP contribution in [0.15, 0.2) is 18.2 Å². The maximum absolute atomic E-state index is 12.5. The minimum atomic E-state index is 0.0636. The molecule has 1 aromatic carbocycles. The molecule has 0 amide bonds. The molecular formula is C17H25NO. The van der Waals surface area contributed by atoms with E-state index < -0.39 is 0 Å². The Morgan fingerprint density at radius 3 is 2.42 bits per heavy atom. The summed E-state index contributed by atoms with van der Waals surface area (Å²) in [6.07, 6.45) is 6.57. The fraction of sp³-hybridized carbons (Fsp3) is 0.588. The summed E-state index contributed by atoms with van der Waals surface area (Å²) in [6, 6.07) is 6.01. The summed E-state index contributed by atoms with van der Waals surface area (Å²) in [4.78, 5) is 12.5. The molecule has 1 aliphatic carbocycles. The number of benzene rings is 1. The van der Waals surface area contributed by atoms with Crippen molar-refractivity contribution >= 4 is 5.78 Å². The second-order valence-corrected chi connectivity index (χ2v) is 6.16. The molecule has 0 atom stereocenters. The van der Waals surface area contributed by atoms with E-state index in [1.165, 1.54) is 30.4 Å². The normalized spacial score (nSPS) is 18.3.